The first-order valence-electron chi connectivity index (χ1n) is 8.14. The number of benzene rings is 1. The van der Waals surface area contributed by atoms with Crippen LogP contribution in [0.5, 0.6) is 0 Å². The zero-order valence-corrected chi connectivity index (χ0v) is 14.5. The molecule has 0 aliphatic carbocycles. The number of hydrogen-bond acceptors (Lipinski definition) is 4. The third-order valence-corrected chi connectivity index (χ3v) is 6.13. The number of amides is 1. The Hall–Kier alpha value is -2.08. The van der Waals surface area contributed by atoms with Gasteiger partial charge in [-0.15, -0.1) is 0 Å². The fourth-order valence-electron chi connectivity index (χ4n) is 3.08. The van der Waals surface area contributed by atoms with Gasteiger partial charge in [-0.2, -0.15) is 0 Å². The van der Waals surface area contributed by atoms with Crippen molar-refractivity contribution in [3.05, 3.63) is 54.0 Å². The van der Waals surface area contributed by atoms with Crippen LogP contribution in [0.3, 0.4) is 0 Å². The molecule has 1 amide bonds. The summed E-state index contributed by atoms with van der Waals surface area (Å²) in [4.78, 5) is 14.8. The molecule has 2 aromatic rings. The van der Waals surface area contributed by atoms with Crippen LogP contribution in [-0.2, 0) is 15.6 Å². The Morgan fingerprint density at radius 1 is 1.21 bits per heavy atom. The minimum Gasteiger partial charge on any atom is -0.459 e. The van der Waals surface area contributed by atoms with E-state index in [2.05, 4.69) is 0 Å². The SMILES string of the molecule is CC1CCCCN1C(=O)c1occc1CS(=O)(=O)c1ccccc1. The summed E-state index contributed by atoms with van der Waals surface area (Å²) in [7, 11) is -3.51. The highest BCUT2D eigenvalue weighted by Crippen LogP contribution is 2.24. The topological polar surface area (TPSA) is 67.6 Å². The molecular weight excluding hydrogens is 326 g/mol. The lowest BCUT2D eigenvalue weighted by atomic mass is 10.0. The predicted octanol–water partition coefficient (Wildman–Crippen LogP) is 3.27. The monoisotopic (exact) mass is 347 g/mol. The number of hydrogen-bond donors (Lipinski definition) is 0. The molecule has 5 nitrogen and oxygen atoms in total. The van der Waals surface area contributed by atoms with Crippen molar-refractivity contribution in [3.8, 4) is 0 Å². The quantitative estimate of drug-likeness (QED) is 0.851. The molecule has 1 unspecified atom stereocenters. The number of furan rings is 1. The molecule has 6 heteroatoms. The molecule has 1 aromatic heterocycles. The number of rotatable bonds is 4. The molecular formula is C18H21NO4S. The average Bonchev–Trinajstić information content (AvgIpc) is 3.03. The van der Waals surface area contributed by atoms with Crippen molar-refractivity contribution in [1.29, 1.82) is 0 Å². The van der Waals surface area contributed by atoms with Crippen LogP contribution in [0.25, 0.3) is 0 Å². The maximum atomic E-state index is 12.8. The van der Waals surface area contributed by atoms with Crippen molar-refractivity contribution in [2.75, 3.05) is 6.54 Å². The Bertz CT molecular complexity index is 811. The molecule has 128 valence electrons. The Labute approximate surface area is 142 Å². The van der Waals surface area contributed by atoms with Gasteiger partial charge in [0.25, 0.3) is 5.91 Å². The normalized spacial score (nSPS) is 18.5. The fourth-order valence-corrected chi connectivity index (χ4v) is 4.46. The Morgan fingerprint density at radius 3 is 2.67 bits per heavy atom. The number of likely N-dealkylation sites (tertiary alicyclic amines) is 1. The zero-order chi connectivity index (χ0) is 17.2. The molecule has 3 rings (SSSR count). The fraction of sp³-hybridized carbons (Fsp3) is 0.389. The van der Waals surface area contributed by atoms with E-state index in [0.717, 1.165) is 19.3 Å². The summed E-state index contributed by atoms with van der Waals surface area (Å²) in [6, 6.07) is 9.97. The third-order valence-electron chi connectivity index (χ3n) is 4.45. The second-order valence-electron chi connectivity index (χ2n) is 6.19. The molecule has 0 bridgehead atoms. The van der Waals surface area contributed by atoms with E-state index >= 15 is 0 Å². The molecule has 2 heterocycles. The third kappa shape index (κ3) is 3.38. The molecule has 1 saturated heterocycles. The van der Waals surface area contributed by atoms with Gasteiger partial charge in [0.2, 0.25) is 0 Å². The lowest BCUT2D eigenvalue weighted by Crippen LogP contribution is -2.42. The van der Waals surface area contributed by atoms with Gasteiger partial charge in [-0.05, 0) is 44.4 Å². The Kier molecular flexibility index (Phi) is 4.76. The van der Waals surface area contributed by atoms with Crippen LogP contribution >= 0.6 is 0 Å². The number of nitrogens with zero attached hydrogens (tertiary/aromatic N) is 1. The van der Waals surface area contributed by atoms with Crippen LogP contribution in [0.15, 0.2) is 52.0 Å². The van der Waals surface area contributed by atoms with Crippen LogP contribution in [0, 0.1) is 0 Å². The highest BCUT2D eigenvalue weighted by atomic mass is 32.2. The van der Waals surface area contributed by atoms with Crippen LogP contribution < -0.4 is 0 Å². The number of carbonyl (C=O) groups is 1. The first-order chi connectivity index (χ1) is 11.5. The van der Waals surface area contributed by atoms with Gasteiger partial charge in [0.15, 0.2) is 15.6 Å². The molecule has 1 atom stereocenters. The molecule has 0 saturated carbocycles. The van der Waals surface area contributed by atoms with E-state index in [1.807, 2.05) is 6.92 Å². The van der Waals surface area contributed by atoms with E-state index in [-0.39, 0.29) is 28.4 Å². The smallest absolute Gasteiger partial charge is 0.290 e. The van der Waals surface area contributed by atoms with E-state index in [0.29, 0.717) is 12.1 Å². The van der Waals surface area contributed by atoms with Gasteiger partial charge >= 0.3 is 0 Å². The second-order valence-corrected chi connectivity index (χ2v) is 8.18. The van der Waals surface area contributed by atoms with Crippen molar-refractivity contribution < 1.29 is 17.6 Å². The van der Waals surface area contributed by atoms with E-state index in [9.17, 15) is 13.2 Å². The van der Waals surface area contributed by atoms with Gasteiger partial charge in [-0.3, -0.25) is 4.79 Å². The van der Waals surface area contributed by atoms with E-state index in [1.54, 1.807) is 41.3 Å². The van der Waals surface area contributed by atoms with Crippen molar-refractivity contribution >= 4 is 15.7 Å². The van der Waals surface area contributed by atoms with E-state index in [1.165, 1.54) is 6.26 Å². The summed E-state index contributed by atoms with van der Waals surface area (Å²) in [6.45, 7) is 2.70. The molecule has 24 heavy (non-hydrogen) atoms. The maximum absolute atomic E-state index is 12.8. The lowest BCUT2D eigenvalue weighted by molar-refractivity contribution is 0.0602. The highest BCUT2D eigenvalue weighted by Gasteiger charge is 2.29. The Balaban J connectivity index is 1.84. The summed E-state index contributed by atoms with van der Waals surface area (Å²) >= 11 is 0. The zero-order valence-electron chi connectivity index (χ0n) is 13.6. The van der Waals surface area contributed by atoms with Gasteiger partial charge in [0, 0.05) is 18.2 Å². The summed E-state index contributed by atoms with van der Waals surface area (Å²) in [5.41, 5.74) is 0.418. The van der Waals surface area contributed by atoms with Crippen LogP contribution in [0.2, 0.25) is 0 Å². The van der Waals surface area contributed by atoms with E-state index < -0.39 is 9.84 Å². The van der Waals surface area contributed by atoms with Crippen molar-refractivity contribution in [2.45, 2.75) is 42.9 Å². The van der Waals surface area contributed by atoms with Crippen LogP contribution in [-0.4, -0.2) is 31.8 Å². The van der Waals surface area contributed by atoms with Gasteiger partial charge in [0.1, 0.15) is 0 Å². The largest absolute Gasteiger partial charge is 0.459 e. The number of sulfone groups is 1. The molecule has 1 aromatic carbocycles. The summed E-state index contributed by atoms with van der Waals surface area (Å²) in [5, 5.41) is 0. The average molecular weight is 347 g/mol. The predicted molar refractivity (Wildman–Crippen MR) is 90.4 cm³/mol. The maximum Gasteiger partial charge on any atom is 0.290 e. The summed E-state index contributed by atoms with van der Waals surface area (Å²) in [6.07, 6.45) is 4.43. The summed E-state index contributed by atoms with van der Waals surface area (Å²) in [5.74, 6) is -0.315. The van der Waals surface area contributed by atoms with Gasteiger partial charge in [0.05, 0.1) is 16.9 Å². The van der Waals surface area contributed by atoms with Crippen molar-refractivity contribution in [1.82, 2.24) is 4.90 Å². The van der Waals surface area contributed by atoms with Crippen LogP contribution in [0.4, 0.5) is 0 Å². The van der Waals surface area contributed by atoms with Crippen LogP contribution in [0.1, 0.15) is 42.3 Å². The molecule has 1 aliphatic rings. The minimum atomic E-state index is -3.51. The number of piperidine rings is 1. The minimum absolute atomic E-state index is 0.142. The van der Waals surface area contributed by atoms with Crippen molar-refractivity contribution in [3.63, 3.8) is 0 Å². The standard InChI is InChI=1S/C18H21NO4S/c1-14-7-5-6-11-19(14)18(20)17-15(10-12-23-17)13-24(21,22)16-8-3-2-4-9-16/h2-4,8-10,12,14H,5-7,11,13H2,1H3. The van der Waals surface area contributed by atoms with Gasteiger partial charge in [-0.25, -0.2) is 8.42 Å². The van der Waals surface area contributed by atoms with E-state index in [4.69, 9.17) is 4.42 Å². The molecule has 0 N–H and O–H groups in total. The summed E-state index contributed by atoms with van der Waals surface area (Å²) < 4.78 is 30.5. The Morgan fingerprint density at radius 2 is 1.96 bits per heavy atom. The number of carbonyl (C=O) groups excluding carboxylic acids is 1. The molecule has 1 aliphatic heterocycles. The van der Waals surface area contributed by atoms with Gasteiger partial charge in [-0.1, -0.05) is 18.2 Å². The second kappa shape index (κ2) is 6.81. The van der Waals surface area contributed by atoms with Gasteiger partial charge < -0.3 is 9.32 Å². The lowest BCUT2D eigenvalue weighted by Gasteiger charge is -2.32. The first kappa shape index (κ1) is 16.8. The highest BCUT2D eigenvalue weighted by molar-refractivity contribution is 7.90. The van der Waals surface area contributed by atoms with Crippen molar-refractivity contribution in [2.24, 2.45) is 0 Å². The molecule has 0 spiro atoms. The first-order valence-corrected chi connectivity index (χ1v) is 9.79. The molecule has 0 radical (unpaired) electrons. The molecule has 1 fully saturated rings.